The summed E-state index contributed by atoms with van der Waals surface area (Å²) < 4.78 is 1.73. The number of rotatable bonds is 6. The highest BCUT2D eigenvalue weighted by Crippen LogP contribution is 2.33. The van der Waals surface area contributed by atoms with Gasteiger partial charge in [0.25, 0.3) is 5.91 Å². The Labute approximate surface area is 160 Å². The monoisotopic (exact) mass is 368 g/mol. The first-order chi connectivity index (χ1) is 13.1. The molecule has 7 nitrogen and oxygen atoms in total. The molecule has 0 unspecified atom stereocenters. The molecule has 3 heterocycles. The van der Waals surface area contributed by atoms with E-state index >= 15 is 0 Å². The molecule has 1 saturated heterocycles. The molecule has 0 aromatic carbocycles. The number of nitrogens with one attached hydrogen (secondary N) is 1. The molecule has 2 fully saturated rings. The molecular formula is C20H28N6O. The minimum Gasteiger partial charge on any atom is -0.348 e. The van der Waals surface area contributed by atoms with Crippen LogP contribution in [0.4, 0.5) is 0 Å². The highest BCUT2D eigenvalue weighted by atomic mass is 16.1. The fourth-order valence-corrected chi connectivity index (χ4v) is 3.87. The minimum absolute atomic E-state index is 0.103. The van der Waals surface area contributed by atoms with Gasteiger partial charge in [0.15, 0.2) is 0 Å². The van der Waals surface area contributed by atoms with Gasteiger partial charge in [-0.15, -0.1) is 0 Å². The SMILES string of the molecule is Cc1ncc(C(=O)NCc2cnn(C)c2)c(C2CCN(CC3CC3)CC2)n1. The van der Waals surface area contributed by atoms with E-state index in [0.717, 1.165) is 48.9 Å². The second-order valence-corrected chi connectivity index (χ2v) is 7.94. The predicted molar refractivity (Wildman–Crippen MR) is 102 cm³/mol. The summed E-state index contributed by atoms with van der Waals surface area (Å²) in [6.45, 7) is 5.79. The largest absolute Gasteiger partial charge is 0.348 e. The van der Waals surface area contributed by atoms with E-state index in [4.69, 9.17) is 0 Å². The molecule has 1 aliphatic carbocycles. The molecule has 1 N–H and O–H groups in total. The quantitative estimate of drug-likeness (QED) is 0.844. The molecule has 2 aromatic rings. The van der Waals surface area contributed by atoms with Gasteiger partial charge in [0.05, 0.1) is 17.5 Å². The zero-order chi connectivity index (χ0) is 18.8. The second-order valence-electron chi connectivity index (χ2n) is 7.94. The number of piperidine rings is 1. The molecule has 0 bridgehead atoms. The van der Waals surface area contributed by atoms with Crippen molar-refractivity contribution < 1.29 is 4.79 Å². The summed E-state index contributed by atoms with van der Waals surface area (Å²) in [6, 6.07) is 0. The van der Waals surface area contributed by atoms with Crippen molar-refractivity contribution in [2.45, 2.75) is 45.1 Å². The van der Waals surface area contributed by atoms with Crippen LogP contribution in [-0.2, 0) is 13.6 Å². The molecule has 1 amide bonds. The summed E-state index contributed by atoms with van der Waals surface area (Å²) in [5.74, 6) is 1.89. The third kappa shape index (κ3) is 4.53. The lowest BCUT2D eigenvalue weighted by molar-refractivity contribution is 0.0947. The van der Waals surface area contributed by atoms with Gasteiger partial charge in [0.1, 0.15) is 5.82 Å². The van der Waals surface area contributed by atoms with Crippen LogP contribution in [0.15, 0.2) is 18.6 Å². The van der Waals surface area contributed by atoms with Crippen molar-refractivity contribution in [2.75, 3.05) is 19.6 Å². The van der Waals surface area contributed by atoms with E-state index in [9.17, 15) is 4.79 Å². The lowest BCUT2D eigenvalue weighted by Gasteiger charge is -2.32. The van der Waals surface area contributed by atoms with Gasteiger partial charge in [0, 0.05) is 44.0 Å². The standard InChI is InChI=1S/C20H28N6O/c1-14-21-11-18(20(27)22-9-16-10-23-25(2)12-16)19(24-14)17-5-7-26(8-6-17)13-15-3-4-15/h10-12,15,17H,3-9,13H2,1-2H3,(H,22,27). The molecule has 4 rings (SSSR count). The molecule has 0 atom stereocenters. The Kier molecular flexibility index (Phi) is 5.20. The van der Waals surface area contributed by atoms with Gasteiger partial charge in [-0.1, -0.05) is 0 Å². The summed E-state index contributed by atoms with van der Waals surface area (Å²) in [5.41, 5.74) is 2.51. The minimum atomic E-state index is -0.103. The van der Waals surface area contributed by atoms with Crippen LogP contribution in [0.5, 0.6) is 0 Å². The summed E-state index contributed by atoms with van der Waals surface area (Å²) in [5, 5.41) is 7.13. The summed E-state index contributed by atoms with van der Waals surface area (Å²) in [6.07, 6.45) is 10.3. The van der Waals surface area contributed by atoms with E-state index in [1.807, 2.05) is 20.2 Å². The summed E-state index contributed by atoms with van der Waals surface area (Å²) in [7, 11) is 1.87. The van der Waals surface area contributed by atoms with Gasteiger partial charge >= 0.3 is 0 Å². The van der Waals surface area contributed by atoms with E-state index in [-0.39, 0.29) is 5.91 Å². The van der Waals surface area contributed by atoms with Gasteiger partial charge in [-0.05, 0) is 51.6 Å². The van der Waals surface area contributed by atoms with E-state index in [0.29, 0.717) is 18.0 Å². The van der Waals surface area contributed by atoms with Crippen molar-refractivity contribution in [1.29, 1.82) is 0 Å². The van der Waals surface area contributed by atoms with E-state index in [1.54, 1.807) is 17.1 Å². The highest BCUT2D eigenvalue weighted by Gasteiger charge is 2.29. The maximum absolute atomic E-state index is 12.8. The Morgan fingerprint density at radius 1 is 1.22 bits per heavy atom. The van der Waals surface area contributed by atoms with Gasteiger partial charge < -0.3 is 10.2 Å². The topological polar surface area (TPSA) is 75.9 Å². The van der Waals surface area contributed by atoms with Crippen LogP contribution >= 0.6 is 0 Å². The molecule has 2 aliphatic rings. The van der Waals surface area contributed by atoms with E-state index < -0.39 is 0 Å². The number of nitrogens with zero attached hydrogens (tertiary/aromatic N) is 5. The van der Waals surface area contributed by atoms with Crippen molar-refractivity contribution >= 4 is 5.91 Å². The Morgan fingerprint density at radius 2 is 2.00 bits per heavy atom. The maximum Gasteiger partial charge on any atom is 0.254 e. The van der Waals surface area contributed by atoms with Crippen LogP contribution < -0.4 is 5.32 Å². The molecule has 1 saturated carbocycles. The van der Waals surface area contributed by atoms with Crippen LogP contribution in [0.2, 0.25) is 0 Å². The first-order valence-electron chi connectivity index (χ1n) is 9.90. The Bertz CT molecular complexity index is 805. The molecule has 27 heavy (non-hydrogen) atoms. The van der Waals surface area contributed by atoms with E-state index in [2.05, 4.69) is 25.3 Å². The Hall–Kier alpha value is -2.28. The van der Waals surface area contributed by atoms with Gasteiger partial charge in [-0.3, -0.25) is 9.48 Å². The van der Waals surface area contributed by atoms with Gasteiger partial charge in [0.2, 0.25) is 0 Å². The van der Waals surface area contributed by atoms with Crippen molar-refractivity contribution in [2.24, 2.45) is 13.0 Å². The maximum atomic E-state index is 12.8. The average molecular weight is 368 g/mol. The van der Waals surface area contributed by atoms with Crippen molar-refractivity contribution in [3.05, 3.63) is 41.2 Å². The summed E-state index contributed by atoms with van der Waals surface area (Å²) >= 11 is 0. The molecule has 7 heteroatoms. The molecule has 144 valence electrons. The number of aryl methyl sites for hydroxylation is 2. The normalized spacial score (nSPS) is 18.6. The smallest absolute Gasteiger partial charge is 0.254 e. The van der Waals surface area contributed by atoms with Gasteiger partial charge in [-0.2, -0.15) is 5.10 Å². The molecule has 1 aliphatic heterocycles. The summed E-state index contributed by atoms with van der Waals surface area (Å²) in [4.78, 5) is 24.3. The molecule has 2 aromatic heterocycles. The lowest BCUT2D eigenvalue weighted by Crippen LogP contribution is -2.35. The van der Waals surface area contributed by atoms with Crippen LogP contribution in [0.1, 0.15) is 59.0 Å². The van der Waals surface area contributed by atoms with E-state index in [1.165, 1.54) is 19.4 Å². The number of carbonyl (C=O) groups excluding carboxylic acids is 1. The third-order valence-corrected chi connectivity index (χ3v) is 5.58. The Balaban J connectivity index is 1.42. The number of hydrogen-bond donors (Lipinski definition) is 1. The third-order valence-electron chi connectivity index (χ3n) is 5.58. The van der Waals surface area contributed by atoms with Gasteiger partial charge in [-0.25, -0.2) is 9.97 Å². The fraction of sp³-hybridized carbons (Fsp3) is 0.600. The number of likely N-dealkylation sites (tertiary alicyclic amines) is 1. The number of carbonyl (C=O) groups is 1. The number of hydrogen-bond acceptors (Lipinski definition) is 5. The zero-order valence-corrected chi connectivity index (χ0v) is 16.2. The molecular weight excluding hydrogens is 340 g/mol. The number of amides is 1. The first-order valence-corrected chi connectivity index (χ1v) is 9.90. The highest BCUT2D eigenvalue weighted by molar-refractivity contribution is 5.95. The van der Waals surface area contributed by atoms with Crippen LogP contribution in [0.25, 0.3) is 0 Å². The van der Waals surface area contributed by atoms with Crippen LogP contribution in [0.3, 0.4) is 0 Å². The molecule has 0 radical (unpaired) electrons. The van der Waals surface area contributed by atoms with Crippen molar-refractivity contribution in [1.82, 2.24) is 30.0 Å². The lowest BCUT2D eigenvalue weighted by atomic mass is 9.90. The number of aromatic nitrogens is 4. The Morgan fingerprint density at radius 3 is 2.67 bits per heavy atom. The zero-order valence-electron chi connectivity index (χ0n) is 16.2. The first kappa shape index (κ1) is 18.1. The second kappa shape index (κ2) is 7.76. The van der Waals surface area contributed by atoms with Crippen molar-refractivity contribution in [3.63, 3.8) is 0 Å². The average Bonchev–Trinajstić information content (AvgIpc) is 3.38. The van der Waals surface area contributed by atoms with Crippen LogP contribution in [-0.4, -0.2) is 50.2 Å². The predicted octanol–water partition coefficient (Wildman–Crippen LogP) is 2.04. The van der Waals surface area contributed by atoms with Crippen LogP contribution in [0, 0.1) is 12.8 Å². The van der Waals surface area contributed by atoms with Crippen molar-refractivity contribution in [3.8, 4) is 0 Å². The fourth-order valence-electron chi connectivity index (χ4n) is 3.87. The molecule has 0 spiro atoms.